The van der Waals surface area contributed by atoms with E-state index in [1.54, 1.807) is 23.1 Å². The number of benzene rings is 2. The Bertz CT molecular complexity index is 743. The molecule has 1 N–H and O–H groups in total. The lowest BCUT2D eigenvalue weighted by Gasteiger charge is -2.17. The highest BCUT2D eigenvalue weighted by molar-refractivity contribution is 5.99. The molecule has 1 saturated heterocycles. The second kappa shape index (κ2) is 6.20. The Hall–Kier alpha value is -2.69. The van der Waals surface area contributed by atoms with E-state index in [1.807, 2.05) is 25.1 Å². The van der Waals surface area contributed by atoms with Gasteiger partial charge in [-0.3, -0.25) is 9.59 Å². The number of nitrogens with one attached hydrogen (secondary N) is 1. The van der Waals surface area contributed by atoms with Crippen LogP contribution in [0.3, 0.4) is 0 Å². The van der Waals surface area contributed by atoms with Crippen LogP contribution in [0.4, 0.5) is 10.1 Å². The molecular weight excluding hydrogens is 295 g/mol. The van der Waals surface area contributed by atoms with E-state index in [4.69, 9.17) is 0 Å². The summed E-state index contributed by atoms with van der Waals surface area (Å²) in [5, 5.41) is 2.89. The Morgan fingerprint density at radius 3 is 2.65 bits per heavy atom. The summed E-state index contributed by atoms with van der Waals surface area (Å²) in [6.45, 7) is 2.31. The van der Waals surface area contributed by atoms with E-state index in [1.165, 1.54) is 12.1 Å². The maximum absolute atomic E-state index is 13.0. The SMILES string of the molecule is Cc1cccc(C(=O)N[C@@H]2CC(=O)N(c3ccc(F)cc3)C2)c1. The first-order valence-corrected chi connectivity index (χ1v) is 7.46. The van der Waals surface area contributed by atoms with Gasteiger partial charge in [0.05, 0.1) is 6.04 Å². The molecule has 4 nitrogen and oxygen atoms in total. The van der Waals surface area contributed by atoms with Crippen molar-refractivity contribution >= 4 is 17.5 Å². The van der Waals surface area contributed by atoms with E-state index in [0.717, 1.165) is 5.56 Å². The summed E-state index contributed by atoms with van der Waals surface area (Å²) in [5.41, 5.74) is 2.23. The first kappa shape index (κ1) is 15.2. The van der Waals surface area contributed by atoms with Gasteiger partial charge in [-0.1, -0.05) is 17.7 Å². The molecule has 5 heteroatoms. The van der Waals surface area contributed by atoms with Crippen LogP contribution in [-0.4, -0.2) is 24.4 Å². The minimum Gasteiger partial charge on any atom is -0.347 e. The molecule has 0 unspecified atom stereocenters. The van der Waals surface area contributed by atoms with Crippen molar-refractivity contribution in [3.8, 4) is 0 Å². The Kier molecular flexibility index (Phi) is 4.10. The van der Waals surface area contributed by atoms with E-state index in [9.17, 15) is 14.0 Å². The molecule has 1 aliphatic rings. The van der Waals surface area contributed by atoms with Crippen LogP contribution >= 0.6 is 0 Å². The topological polar surface area (TPSA) is 49.4 Å². The minimum atomic E-state index is -0.343. The molecule has 0 saturated carbocycles. The first-order chi connectivity index (χ1) is 11.0. The van der Waals surface area contributed by atoms with Crippen LogP contribution < -0.4 is 10.2 Å². The fourth-order valence-electron chi connectivity index (χ4n) is 2.73. The van der Waals surface area contributed by atoms with E-state index in [-0.39, 0.29) is 30.1 Å². The van der Waals surface area contributed by atoms with Gasteiger partial charge in [-0.15, -0.1) is 0 Å². The molecule has 2 aromatic rings. The molecule has 3 rings (SSSR count). The standard InChI is InChI=1S/C18H17FN2O2/c1-12-3-2-4-13(9-12)18(23)20-15-10-17(22)21(11-15)16-7-5-14(19)6-8-16/h2-9,15H,10-11H2,1H3,(H,20,23)/t15-/m1/s1. The molecule has 0 bridgehead atoms. The van der Waals surface area contributed by atoms with Gasteiger partial charge in [-0.05, 0) is 43.3 Å². The third-order valence-corrected chi connectivity index (χ3v) is 3.88. The lowest BCUT2D eigenvalue weighted by atomic mass is 10.1. The van der Waals surface area contributed by atoms with Gasteiger partial charge < -0.3 is 10.2 Å². The quantitative estimate of drug-likeness (QED) is 0.947. The number of hydrogen-bond acceptors (Lipinski definition) is 2. The van der Waals surface area contributed by atoms with Crippen molar-refractivity contribution in [2.75, 3.05) is 11.4 Å². The molecule has 2 aromatic carbocycles. The third-order valence-electron chi connectivity index (χ3n) is 3.88. The van der Waals surface area contributed by atoms with Gasteiger partial charge in [-0.25, -0.2) is 4.39 Å². The van der Waals surface area contributed by atoms with Crippen LogP contribution in [0.15, 0.2) is 48.5 Å². The molecule has 1 aliphatic heterocycles. The highest BCUT2D eigenvalue weighted by Gasteiger charge is 2.31. The minimum absolute atomic E-state index is 0.0776. The number of carbonyl (C=O) groups excluding carboxylic acids is 2. The number of carbonyl (C=O) groups is 2. The Balaban J connectivity index is 1.68. The van der Waals surface area contributed by atoms with Crippen LogP contribution in [0.5, 0.6) is 0 Å². The summed E-state index contributed by atoms with van der Waals surface area (Å²) in [6, 6.07) is 12.8. The summed E-state index contributed by atoms with van der Waals surface area (Å²) in [7, 11) is 0. The maximum atomic E-state index is 13.0. The molecule has 118 valence electrons. The second-order valence-electron chi connectivity index (χ2n) is 5.72. The van der Waals surface area contributed by atoms with Crippen LogP contribution in [-0.2, 0) is 4.79 Å². The van der Waals surface area contributed by atoms with Crippen LogP contribution in [0, 0.1) is 12.7 Å². The zero-order chi connectivity index (χ0) is 16.4. The highest BCUT2D eigenvalue weighted by Crippen LogP contribution is 2.22. The summed E-state index contributed by atoms with van der Waals surface area (Å²) in [5.74, 6) is -0.608. The zero-order valence-electron chi connectivity index (χ0n) is 12.8. The Morgan fingerprint density at radius 2 is 1.96 bits per heavy atom. The smallest absolute Gasteiger partial charge is 0.251 e. The van der Waals surface area contributed by atoms with Gasteiger partial charge in [0.2, 0.25) is 5.91 Å². The number of hydrogen-bond donors (Lipinski definition) is 1. The van der Waals surface area contributed by atoms with Gasteiger partial charge in [0.1, 0.15) is 5.82 Å². The average molecular weight is 312 g/mol. The van der Waals surface area contributed by atoms with Crippen molar-refractivity contribution in [1.82, 2.24) is 5.32 Å². The lowest BCUT2D eigenvalue weighted by Crippen LogP contribution is -2.37. The van der Waals surface area contributed by atoms with Gasteiger partial charge in [0, 0.05) is 24.2 Å². The van der Waals surface area contributed by atoms with Crippen molar-refractivity contribution in [2.45, 2.75) is 19.4 Å². The van der Waals surface area contributed by atoms with Crippen molar-refractivity contribution in [3.05, 3.63) is 65.5 Å². The predicted molar refractivity (Wildman–Crippen MR) is 85.8 cm³/mol. The van der Waals surface area contributed by atoms with Crippen molar-refractivity contribution < 1.29 is 14.0 Å². The van der Waals surface area contributed by atoms with E-state index < -0.39 is 0 Å². The summed E-state index contributed by atoms with van der Waals surface area (Å²) >= 11 is 0. The summed E-state index contributed by atoms with van der Waals surface area (Å²) < 4.78 is 13.0. The number of rotatable bonds is 3. The van der Waals surface area contributed by atoms with Gasteiger partial charge in [0.15, 0.2) is 0 Å². The van der Waals surface area contributed by atoms with Crippen LogP contribution in [0.2, 0.25) is 0 Å². The molecule has 0 aliphatic carbocycles. The monoisotopic (exact) mass is 312 g/mol. The van der Waals surface area contributed by atoms with Crippen molar-refractivity contribution in [3.63, 3.8) is 0 Å². The Morgan fingerprint density at radius 1 is 1.22 bits per heavy atom. The second-order valence-corrected chi connectivity index (χ2v) is 5.72. The fourth-order valence-corrected chi connectivity index (χ4v) is 2.73. The maximum Gasteiger partial charge on any atom is 0.251 e. The summed E-state index contributed by atoms with van der Waals surface area (Å²) in [6.07, 6.45) is 0.245. The van der Waals surface area contributed by atoms with Crippen molar-refractivity contribution in [1.29, 1.82) is 0 Å². The molecule has 0 radical (unpaired) electrons. The number of halogens is 1. The molecule has 0 aromatic heterocycles. The van der Waals surface area contributed by atoms with E-state index in [0.29, 0.717) is 17.8 Å². The molecule has 1 fully saturated rings. The number of aryl methyl sites for hydroxylation is 1. The fraction of sp³-hybridized carbons (Fsp3) is 0.222. The van der Waals surface area contributed by atoms with Gasteiger partial charge in [-0.2, -0.15) is 0 Å². The lowest BCUT2D eigenvalue weighted by molar-refractivity contribution is -0.117. The van der Waals surface area contributed by atoms with E-state index in [2.05, 4.69) is 5.32 Å². The number of anilines is 1. The molecule has 1 heterocycles. The van der Waals surface area contributed by atoms with Crippen LogP contribution in [0.25, 0.3) is 0 Å². The average Bonchev–Trinajstić information content (AvgIpc) is 2.88. The van der Waals surface area contributed by atoms with Gasteiger partial charge >= 0.3 is 0 Å². The third kappa shape index (κ3) is 3.39. The van der Waals surface area contributed by atoms with Crippen LogP contribution in [0.1, 0.15) is 22.3 Å². The predicted octanol–water partition coefficient (Wildman–Crippen LogP) is 2.67. The molecule has 0 spiro atoms. The molecule has 1 atom stereocenters. The Labute approximate surface area is 133 Å². The largest absolute Gasteiger partial charge is 0.347 e. The highest BCUT2D eigenvalue weighted by atomic mass is 19.1. The number of amides is 2. The molecule has 23 heavy (non-hydrogen) atoms. The van der Waals surface area contributed by atoms with E-state index >= 15 is 0 Å². The zero-order valence-corrected chi connectivity index (χ0v) is 12.8. The summed E-state index contributed by atoms with van der Waals surface area (Å²) in [4.78, 5) is 25.9. The number of nitrogens with zero attached hydrogens (tertiary/aromatic N) is 1. The van der Waals surface area contributed by atoms with Crippen molar-refractivity contribution in [2.24, 2.45) is 0 Å². The first-order valence-electron chi connectivity index (χ1n) is 7.46. The molecular formula is C18H17FN2O2. The normalized spacial score (nSPS) is 17.4. The van der Waals surface area contributed by atoms with Gasteiger partial charge in [0.25, 0.3) is 5.91 Å². The molecule has 2 amide bonds.